The number of hydrogen-bond donors (Lipinski definition) is 1. The van der Waals surface area contributed by atoms with Crippen molar-refractivity contribution in [1.29, 1.82) is 0 Å². The molecule has 0 aliphatic carbocycles. The zero-order valence-electron chi connectivity index (χ0n) is 11.5. The molecule has 1 aromatic carbocycles. The summed E-state index contributed by atoms with van der Waals surface area (Å²) in [6, 6.07) is 7.16. The topological polar surface area (TPSA) is 64.1 Å². The molecule has 0 unspecified atom stereocenters. The van der Waals surface area contributed by atoms with Crippen molar-refractivity contribution in [3.63, 3.8) is 0 Å². The monoisotopic (exact) mass is 271 g/mol. The van der Waals surface area contributed by atoms with Crippen molar-refractivity contribution < 1.29 is 9.53 Å². The minimum atomic E-state index is -0.305. The molecule has 0 aliphatic heterocycles. The fraction of sp³-hybridized carbons (Fsp3) is 0.267. The molecule has 0 aliphatic rings. The highest BCUT2D eigenvalue weighted by molar-refractivity contribution is 5.89. The van der Waals surface area contributed by atoms with E-state index in [-0.39, 0.29) is 12.1 Å². The van der Waals surface area contributed by atoms with E-state index in [1.54, 1.807) is 30.7 Å². The quantitative estimate of drug-likeness (QED) is 0.847. The molecule has 5 heteroatoms. The number of nitrogens with one attached hydrogen (secondary N) is 1. The van der Waals surface area contributed by atoms with Crippen molar-refractivity contribution >= 4 is 11.7 Å². The second kappa shape index (κ2) is 6.65. The van der Waals surface area contributed by atoms with Gasteiger partial charge in [-0.3, -0.25) is 9.97 Å². The number of esters is 1. The molecule has 1 N–H and O–H groups in total. The zero-order valence-corrected chi connectivity index (χ0v) is 11.5. The first-order valence-corrected chi connectivity index (χ1v) is 6.45. The van der Waals surface area contributed by atoms with Gasteiger partial charge in [-0.1, -0.05) is 0 Å². The summed E-state index contributed by atoms with van der Waals surface area (Å²) in [5, 5.41) is 3.21. The predicted octanol–water partition coefficient (Wildman–Crippen LogP) is 2.65. The Kier molecular flexibility index (Phi) is 4.65. The maximum Gasteiger partial charge on any atom is 0.338 e. The molecule has 1 aromatic heterocycles. The molecular weight excluding hydrogens is 254 g/mol. The van der Waals surface area contributed by atoms with Crippen LogP contribution in [0.5, 0.6) is 0 Å². The Hall–Kier alpha value is -2.43. The standard InChI is InChI=1S/C15H17N3O2/c1-11(2)20-15(19)12-3-5-13(6-4-12)18-10-14-9-16-7-8-17-14/h3-9,11,18H,10H2,1-2H3. The fourth-order valence-corrected chi connectivity index (χ4v) is 1.62. The number of benzene rings is 1. The van der Waals surface area contributed by atoms with Gasteiger partial charge in [0.05, 0.1) is 30.1 Å². The number of anilines is 1. The van der Waals surface area contributed by atoms with E-state index in [0.717, 1.165) is 11.4 Å². The molecule has 0 saturated heterocycles. The van der Waals surface area contributed by atoms with E-state index in [9.17, 15) is 4.79 Å². The second-order valence-electron chi connectivity index (χ2n) is 4.58. The van der Waals surface area contributed by atoms with Gasteiger partial charge in [0, 0.05) is 18.1 Å². The first-order chi connectivity index (χ1) is 9.65. The summed E-state index contributed by atoms with van der Waals surface area (Å²) in [4.78, 5) is 19.9. The summed E-state index contributed by atoms with van der Waals surface area (Å²) in [5.41, 5.74) is 2.32. The van der Waals surface area contributed by atoms with Crippen LogP contribution in [-0.2, 0) is 11.3 Å². The summed E-state index contributed by atoms with van der Waals surface area (Å²) in [5.74, 6) is -0.305. The van der Waals surface area contributed by atoms with E-state index in [2.05, 4.69) is 15.3 Å². The van der Waals surface area contributed by atoms with Crippen molar-refractivity contribution in [2.45, 2.75) is 26.5 Å². The van der Waals surface area contributed by atoms with Crippen molar-refractivity contribution in [3.8, 4) is 0 Å². The van der Waals surface area contributed by atoms with Crippen LogP contribution in [0.25, 0.3) is 0 Å². The third kappa shape index (κ3) is 4.05. The van der Waals surface area contributed by atoms with Crippen LogP contribution in [0.1, 0.15) is 29.9 Å². The van der Waals surface area contributed by atoms with Crippen LogP contribution in [0.3, 0.4) is 0 Å². The van der Waals surface area contributed by atoms with Crippen molar-refractivity contribution in [2.24, 2.45) is 0 Å². The van der Waals surface area contributed by atoms with E-state index >= 15 is 0 Å². The smallest absolute Gasteiger partial charge is 0.338 e. The highest BCUT2D eigenvalue weighted by atomic mass is 16.5. The molecule has 0 atom stereocenters. The van der Waals surface area contributed by atoms with Gasteiger partial charge in [-0.15, -0.1) is 0 Å². The number of carbonyl (C=O) groups excluding carboxylic acids is 1. The lowest BCUT2D eigenvalue weighted by Gasteiger charge is -2.09. The molecule has 0 radical (unpaired) electrons. The van der Waals surface area contributed by atoms with Gasteiger partial charge in [-0.25, -0.2) is 4.79 Å². The van der Waals surface area contributed by atoms with E-state index in [1.165, 1.54) is 0 Å². The summed E-state index contributed by atoms with van der Waals surface area (Å²) in [6.07, 6.45) is 4.89. The minimum absolute atomic E-state index is 0.114. The maximum atomic E-state index is 11.7. The Morgan fingerprint density at radius 1 is 1.25 bits per heavy atom. The van der Waals surface area contributed by atoms with E-state index in [1.807, 2.05) is 26.0 Å². The third-order valence-corrected chi connectivity index (χ3v) is 2.55. The SMILES string of the molecule is CC(C)OC(=O)c1ccc(NCc2cnccn2)cc1. The molecule has 2 aromatic rings. The van der Waals surface area contributed by atoms with Crippen LogP contribution in [0.2, 0.25) is 0 Å². The number of rotatable bonds is 5. The van der Waals surface area contributed by atoms with Crippen molar-refractivity contribution in [1.82, 2.24) is 9.97 Å². The third-order valence-electron chi connectivity index (χ3n) is 2.55. The molecule has 20 heavy (non-hydrogen) atoms. The second-order valence-corrected chi connectivity index (χ2v) is 4.58. The van der Waals surface area contributed by atoms with Gasteiger partial charge < -0.3 is 10.1 Å². The number of carbonyl (C=O) groups is 1. The molecule has 0 saturated carbocycles. The number of ether oxygens (including phenoxy) is 1. The molecule has 0 fully saturated rings. The van der Waals surface area contributed by atoms with Gasteiger partial charge in [0.2, 0.25) is 0 Å². The van der Waals surface area contributed by atoms with Crippen LogP contribution >= 0.6 is 0 Å². The summed E-state index contributed by atoms with van der Waals surface area (Å²) in [7, 11) is 0. The van der Waals surface area contributed by atoms with Gasteiger partial charge in [0.15, 0.2) is 0 Å². The fourth-order valence-electron chi connectivity index (χ4n) is 1.62. The summed E-state index contributed by atoms with van der Waals surface area (Å²) in [6.45, 7) is 4.24. The van der Waals surface area contributed by atoms with Gasteiger partial charge in [0.1, 0.15) is 0 Å². The average Bonchev–Trinajstić information content (AvgIpc) is 2.46. The maximum absolute atomic E-state index is 11.7. The highest BCUT2D eigenvalue weighted by Gasteiger charge is 2.08. The summed E-state index contributed by atoms with van der Waals surface area (Å²) < 4.78 is 5.13. The molecule has 5 nitrogen and oxygen atoms in total. The van der Waals surface area contributed by atoms with Crippen LogP contribution in [0.15, 0.2) is 42.9 Å². The highest BCUT2D eigenvalue weighted by Crippen LogP contribution is 2.12. The molecule has 1 heterocycles. The Bertz CT molecular complexity index is 553. The first-order valence-electron chi connectivity index (χ1n) is 6.45. The Balaban J connectivity index is 1.93. The molecule has 0 spiro atoms. The molecule has 104 valence electrons. The number of hydrogen-bond acceptors (Lipinski definition) is 5. The Morgan fingerprint density at radius 3 is 2.60 bits per heavy atom. The van der Waals surface area contributed by atoms with Gasteiger partial charge >= 0.3 is 5.97 Å². The molecule has 0 bridgehead atoms. The van der Waals surface area contributed by atoms with Crippen LogP contribution in [-0.4, -0.2) is 22.0 Å². The lowest BCUT2D eigenvalue weighted by atomic mass is 10.2. The molecular formula is C15H17N3O2. The van der Waals surface area contributed by atoms with Gasteiger partial charge in [-0.2, -0.15) is 0 Å². The van der Waals surface area contributed by atoms with E-state index in [0.29, 0.717) is 12.1 Å². The Labute approximate surface area is 118 Å². The van der Waals surface area contributed by atoms with Gasteiger partial charge in [-0.05, 0) is 38.1 Å². The minimum Gasteiger partial charge on any atom is -0.459 e. The Morgan fingerprint density at radius 2 is 2.00 bits per heavy atom. The van der Waals surface area contributed by atoms with Crippen LogP contribution in [0.4, 0.5) is 5.69 Å². The first kappa shape index (κ1) is 14.0. The largest absolute Gasteiger partial charge is 0.459 e. The van der Waals surface area contributed by atoms with Gasteiger partial charge in [0.25, 0.3) is 0 Å². The van der Waals surface area contributed by atoms with Crippen molar-refractivity contribution in [3.05, 3.63) is 54.1 Å². The number of nitrogens with zero attached hydrogens (tertiary/aromatic N) is 2. The number of aromatic nitrogens is 2. The lowest BCUT2D eigenvalue weighted by molar-refractivity contribution is 0.0378. The lowest BCUT2D eigenvalue weighted by Crippen LogP contribution is -2.11. The molecule has 2 rings (SSSR count). The van der Waals surface area contributed by atoms with E-state index in [4.69, 9.17) is 4.74 Å². The van der Waals surface area contributed by atoms with Crippen LogP contribution in [0, 0.1) is 0 Å². The summed E-state index contributed by atoms with van der Waals surface area (Å²) >= 11 is 0. The van der Waals surface area contributed by atoms with Crippen LogP contribution < -0.4 is 5.32 Å². The zero-order chi connectivity index (χ0) is 14.4. The molecule has 0 amide bonds. The normalized spacial score (nSPS) is 10.3. The van der Waals surface area contributed by atoms with E-state index < -0.39 is 0 Å². The van der Waals surface area contributed by atoms with Crippen molar-refractivity contribution in [2.75, 3.05) is 5.32 Å². The average molecular weight is 271 g/mol. The predicted molar refractivity (Wildman–Crippen MR) is 76.4 cm³/mol.